The molecular formula is C39H22N8O6STi. The second-order valence-electron chi connectivity index (χ2n) is 12.1. The molecule has 14 nitrogen and oxygen atoms in total. The molecule has 0 spiro atoms. The molecule has 8 bridgehead atoms. The molecule has 2 aliphatic heterocycles. The van der Waals surface area contributed by atoms with Gasteiger partial charge in [0.2, 0.25) is 0 Å². The standard InChI is InChI=1S/C32H16N8.C7H6O6S.Ti/c1-2-10-18-17(9-1)25-33-26(18)38-28-21-13-5-6-14-22(21)30(35-28)40-32-24-16-8-7-15-23(24)31(36-32)39-29-20-12-4-3-11-19(20)27(34-29)37-25;8-6-2-1-4(14(11,12)13)3-5(6)7(9)10;/h1-16H;1-3,8H,(H,9,10)(H,11,12,13);/q-2;;+2. The first kappa shape index (κ1) is 35.4. The SMILES string of the molecule is O=C(O)c1cc(S(=O)(=O)O)ccc1O.[Ti+2].c1ccc2c(c1)-c1nc-2nc2[n-]c(nc3nc(nc4[n-]c(n1)c1ccccc41)-c1ccccc1-3)c1ccccc21. The molecular weight excluding hydrogens is 756 g/mol. The van der Waals surface area contributed by atoms with Crippen molar-refractivity contribution in [3.05, 3.63) is 121 Å². The van der Waals surface area contributed by atoms with Gasteiger partial charge in [0.15, 0.2) is 0 Å². The van der Waals surface area contributed by atoms with E-state index in [4.69, 9.17) is 54.6 Å². The average molecular weight is 779 g/mol. The third kappa shape index (κ3) is 6.30. The Morgan fingerprint density at radius 2 is 0.836 bits per heavy atom. The van der Waals surface area contributed by atoms with E-state index < -0.39 is 32.3 Å². The first-order valence-corrected chi connectivity index (χ1v) is 17.7. The van der Waals surface area contributed by atoms with Crippen LogP contribution in [0.1, 0.15) is 10.4 Å². The number of fused-ring (bicyclic) bond motifs is 20. The average Bonchev–Trinajstić information content (AvgIpc) is 3.90. The number of benzene rings is 5. The van der Waals surface area contributed by atoms with Crippen LogP contribution in [0.4, 0.5) is 0 Å². The van der Waals surface area contributed by atoms with Crippen LogP contribution in [0.25, 0.3) is 89.7 Å². The summed E-state index contributed by atoms with van der Waals surface area (Å²) < 4.78 is 29.8. The normalized spacial score (nSPS) is 11.6. The maximum atomic E-state index is 10.6. The van der Waals surface area contributed by atoms with Gasteiger partial charge in [-0.3, -0.25) is 4.55 Å². The van der Waals surface area contributed by atoms with Gasteiger partial charge in [0.05, 0.1) is 28.2 Å². The molecule has 0 radical (unpaired) electrons. The molecule has 264 valence electrons. The van der Waals surface area contributed by atoms with Gasteiger partial charge in [-0.2, -0.15) is 8.42 Å². The minimum Gasteiger partial charge on any atom is -0.507 e. The number of carbonyl (C=O) groups is 1. The zero-order valence-corrected chi connectivity index (χ0v) is 30.4. The van der Waals surface area contributed by atoms with Crippen LogP contribution in [-0.2, 0) is 31.8 Å². The van der Waals surface area contributed by atoms with Crippen molar-refractivity contribution in [3.63, 3.8) is 0 Å². The van der Waals surface area contributed by atoms with Crippen LogP contribution in [0.5, 0.6) is 5.75 Å². The molecule has 2 aliphatic rings. The first-order valence-electron chi connectivity index (χ1n) is 16.2. The van der Waals surface area contributed by atoms with Gasteiger partial charge in [-0.25, -0.2) is 14.8 Å². The maximum Gasteiger partial charge on any atom is 2.00 e. The summed E-state index contributed by atoms with van der Waals surface area (Å²) in [5.41, 5.74) is 5.20. The predicted octanol–water partition coefficient (Wildman–Crippen LogP) is 6.46. The topological polar surface area (TPSA) is 217 Å². The van der Waals surface area contributed by atoms with E-state index in [1.54, 1.807) is 0 Å². The molecule has 0 unspecified atom stereocenters. The van der Waals surface area contributed by atoms with Crippen molar-refractivity contribution in [3.8, 4) is 51.3 Å². The Labute approximate surface area is 325 Å². The Morgan fingerprint density at radius 1 is 0.509 bits per heavy atom. The van der Waals surface area contributed by atoms with Gasteiger partial charge in [0.1, 0.15) is 11.3 Å². The van der Waals surface area contributed by atoms with Crippen molar-refractivity contribution in [2.45, 2.75) is 4.90 Å². The number of aromatic nitrogens is 8. The summed E-state index contributed by atoms with van der Waals surface area (Å²) in [6.45, 7) is 0. The van der Waals surface area contributed by atoms with Gasteiger partial charge >= 0.3 is 27.7 Å². The van der Waals surface area contributed by atoms with Gasteiger partial charge in [-0.15, -0.1) is 0 Å². The van der Waals surface area contributed by atoms with Crippen LogP contribution in [0.3, 0.4) is 0 Å². The predicted molar refractivity (Wildman–Crippen MR) is 199 cm³/mol. The number of rotatable bonds is 2. The van der Waals surface area contributed by atoms with E-state index in [0.717, 1.165) is 55.9 Å². The Hall–Kier alpha value is -6.65. The summed E-state index contributed by atoms with van der Waals surface area (Å²) in [5.74, 6) is 0.165. The first-order chi connectivity index (χ1) is 26.1. The van der Waals surface area contributed by atoms with Crippen LogP contribution in [0.15, 0.2) is 120 Å². The van der Waals surface area contributed by atoms with E-state index in [1.807, 2.05) is 97.1 Å². The van der Waals surface area contributed by atoms with Crippen LogP contribution in [0, 0.1) is 0 Å². The molecule has 0 saturated heterocycles. The molecule has 10 rings (SSSR count). The molecule has 5 heterocycles. The monoisotopic (exact) mass is 778 g/mol. The van der Waals surface area contributed by atoms with E-state index in [9.17, 15) is 13.2 Å². The van der Waals surface area contributed by atoms with Crippen molar-refractivity contribution in [1.29, 1.82) is 0 Å². The Balaban J connectivity index is 0.000000244. The van der Waals surface area contributed by atoms with Gasteiger partial charge in [0, 0.05) is 44.8 Å². The number of aromatic carboxylic acids is 1. The smallest absolute Gasteiger partial charge is 0.507 e. The summed E-state index contributed by atoms with van der Waals surface area (Å²) in [6, 6.07) is 34.3. The van der Waals surface area contributed by atoms with Crippen molar-refractivity contribution in [1.82, 2.24) is 39.9 Å². The maximum absolute atomic E-state index is 10.6. The van der Waals surface area contributed by atoms with Crippen LogP contribution in [-0.4, -0.2) is 59.1 Å². The number of phenols is 1. The molecule has 0 aliphatic carbocycles. The quantitative estimate of drug-likeness (QED) is 0.127. The number of nitrogens with zero attached hydrogens (tertiary/aromatic N) is 8. The van der Waals surface area contributed by atoms with Crippen molar-refractivity contribution < 1.29 is 49.7 Å². The second-order valence-corrected chi connectivity index (χ2v) is 13.5. The summed E-state index contributed by atoms with van der Waals surface area (Å²) in [5, 5.41) is 21.1. The summed E-state index contributed by atoms with van der Waals surface area (Å²) in [6.07, 6.45) is 0. The number of carboxylic acid groups (broad SMARTS) is 1. The van der Waals surface area contributed by atoms with E-state index >= 15 is 0 Å². The molecule has 55 heavy (non-hydrogen) atoms. The summed E-state index contributed by atoms with van der Waals surface area (Å²) in [7, 11) is -4.45. The molecule has 3 N–H and O–H groups in total. The zero-order valence-electron chi connectivity index (χ0n) is 28.0. The van der Waals surface area contributed by atoms with Crippen LogP contribution in [0.2, 0.25) is 0 Å². The molecule has 8 aromatic rings. The minimum atomic E-state index is -4.45. The third-order valence-corrected chi connectivity index (χ3v) is 9.68. The number of aromatic hydroxyl groups is 1. The molecule has 0 saturated carbocycles. The van der Waals surface area contributed by atoms with E-state index in [2.05, 4.69) is 0 Å². The van der Waals surface area contributed by atoms with Crippen molar-refractivity contribution in [2.24, 2.45) is 0 Å². The molecule has 0 amide bonds. The second kappa shape index (κ2) is 13.6. The Bertz CT molecular complexity index is 2850. The Kier molecular flexibility index (Phi) is 8.78. The fourth-order valence-corrected chi connectivity index (χ4v) is 6.81. The fraction of sp³-hybridized carbons (Fsp3) is 0. The molecule has 0 fully saturated rings. The molecule has 16 heteroatoms. The van der Waals surface area contributed by atoms with Gasteiger partial charge in [0.25, 0.3) is 10.1 Å². The van der Waals surface area contributed by atoms with Crippen molar-refractivity contribution in [2.75, 3.05) is 0 Å². The minimum absolute atomic E-state index is 0. The largest absolute Gasteiger partial charge is 2.00 e. The van der Waals surface area contributed by atoms with Crippen LogP contribution < -0.4 is 9.97 Å². The molecule has 3 aromatic heterocycles. The number of hydrogen-bond donors (Lipinski definition) is 3. The zero-order chi connectivity index (χ0) is 37.1. The number of carboxylic acids is 1. The fourth-order valence-electron chi connectivity index (χ4n) is 6.31. The van der Waals surface area contributed by atoms with Crippen LogP contribution >= 0.6 is 0 Å². The summed E-state index contributed by atoms with van der Waals surface area (Å²) in [4.78, 5) is 49.2. The van der Waals surface area contributed by atoms with Gasteiger partial charge in [-0.1, -0.05) is 97.1 Å². The molecule has 0 atom stereocenters. The van der Waals surface area contributed by atoms with E-state index in [-0.39, 0.29) is 21.7 Å². The Morgan fingerprint density at radius 3 is 1.15 bits per heavy atom. The van der Waals surface area contributed by atoms with Gasteiger partial charge < -0.3 is 40.1 Å². The molecule has 5 aromatic carbocycles. The van der Waals surface area contributed by atoms with E-state index in [1.165, 1.54) is 0 Å². The van der Waals surface area contributed by atoms with Crippen molar-refractivity contribution >= 4 is 60.2 Å². The third-order valence-electron chi connectivity index (χ3n) is 8.83. The summed E-state index contributed by atoms with van der Waals surface area (Å²) >= 11 is 0. The number of hydrogen-bond acceptors (Lipinski definition) is 10. The van der Waals surface area contributed by atoms with Gasteiger partial charge in [-0.05, 0) is 39.7 Å². The van der Waals surface area contributed by atoms with E-state index in [0.29, 0.717) is 52.0 Å².